The number of nitrogens with one attached hydrogen (secondary N) is 1. The summed E-state index contributed by atoms with van der Waals surface area (Å²) in [6.45, 7) is 9.97. The first-order valence-corrected chi connectivity index (χ1v) is 9.86. The first-order chi connectivity index (χ1) is 12.5. The Morgan fingerprint density at radius 3 is 2.81 bits per heavy atom. The third-order valence-electron chi connectivity index (χ3n) is 5.31. The quantitative estimate of drug-likeness (QED) is 0.848. The van der Waals surface area contributed by atoms with Gasteiger partial charge in [-0.15, -0.1) is 0 Å². The van der Waals surface area contributed by atoms with E-state index in [9.17, 15) is 4.79 Å². The summed E-state index contributed by atoms with van der Waals surface area (Å²) in [6, 6.07) is 8.91. The maximum atomic E-state index is 12.2. The van der Waals surface area contributed by atoms with Crippen molar-refractivity contribution in [3.05, 3.63) is 35.4 Å². The normalized spacial score (nSPS) is 23.2. The van der Waals surface area contributed by atoms with Gasteiger partial charge in [-0.05, 0) is 42.9 Å². The van der Waals surface area contributed by atoms with E-state index in [0.29, 0.717) is 24.6 Å². The zero-order valence-electron chi connectivity index (χ0n) is 16.3. The summed E-state index contributed by atoms with van der Waals surface area (Å²) in [5.74, 6) is 0.480. The smallest absolute Gasteiger partial charge is 0.269 e. The zero-order chi connectivity index (χ0) is 18.6. The monoisotopic (exact) mass is 357 g/mol. The highest BCUT2D eigenvalue weighted by molar-refractivity contribution is 6.39. The molecule has 2 aliphatic rings. The molecule has 0 saturated carbocycles. The van der Waals surface area contributed by atoms with Crippen molar-refractivity contribution < 1.29 is 9.63 Å². The summed E-state index contributed by atoms with van der Waals surface area (Å²) in [6.07, 6.45) is 3.58. The Bertz CT molecular complexity index is 654. The highest BCUT2D eigenvalue weighted by Gasteiger charge is 2.44. The van der Waals surface area contributed by atoms with Crippen molar-refractivity contribution in [1.82, 2.24) is 10.2 Å². The minimum Gasteiger partial charge on any atom is -0.387 e. The van der Waals surface area contributed by atoms with E-state index >= 15 is 0 Å². The van der Waals surface area contributed by atoms with Gasteiger partial charge in [0, 0.05) is 26.1 Å². The van der Waals surface area contributed by atoms with Crippen LogP contribution in [0, 0.1) is 0 Å². The SMILES string of the molecule is CCCNC(=O)C1=NOC2(CCCN(Cc3ccc(C(C)C)cc3)C2)C1. The van der Waals surface area contributed by atoms with E-state index in [1.807, 2.05) is 6.92 Å². The Balaban J connectivity index is 1.57. The molecule has 26 heavy (non-hydrogen) atoms. The summed E-state index contributed by atoms with van der Waals surface area (Å²) in [5.41, 5.74) is 2.92. The molecular weight excluding hydrogens is 326 g/mol. The average Bonchev–Trinajstić information content (AvgIpc) is 3.03. The van der Waals surface area contributed by atoms with E-state index in [4.69, 9.17) is 4.84 Å². The Kier molecular flexibility index (Phi) is 5.97. The van der Waals surface area contributed by atoms with Gasteiger partial charge in [-0.3, -0.25) is 9.69 Å². The molecule has 5 nitrogen and oxygen atoms in total. The van der Waals surface area contributed by atoms with Crippen molar-refractivity contribution in [1.29, 1.82) is 0 Å². The van der Waals surface area contributed by atoms with Crippen LogP contribution in [-0.4, -0.2) is 41.8 Å². The minimum absolute atomic E-state index is 0.0786. The fraction of sp³-hybridized carbons (Fsp3) is 0.619. The van der Waals surface area contributed by atoms with E-state index in [1.165, 1.54) is 11.1 Å². The zero-order valence-corrected chi connectivity index (χ0v) is 16.3. The maximum absolute atomic E-state index is 12.2. The molecule has 142 valence electrons. The third-order valence-corrected chi connectivity index (χ3v) is 5.31. The highest BCUT2D eigenvalue weighted by atomic mass is 16.7. The molecule has 2 aliphatic heterocycles. The molecule has 1 saturated heterocycles. The van der Waals surface area contributed by atoms with Gasteiger partial charge in [0.1, 0.15) is 5.71 Å². The van der Waals surface area contributed by atoms with Gasteiger partial charge in [0.05, 0.1) is 0 Å². The lowest BCUT2D eigenvalue weighted by atomic mass is 9.87. The van der Waals surface area contributed by atoms with E-state index in [1.54, 1.807) is 0 Å². The number of hydrogen-bond acceptors (Lipinski definition) is 4. The van der Waals surface area contributed by atoms with Crippen LogP contribution in [0.5, 0.6) is 0 Å². The van der Waals surface area contributed by atoms with Crippen LogP contribution in [0.1, 0.15) is 63.5 Å². The Morgan fingerprint density at radius 1 is 1.35 bits per heavy atom. The van der Waals surface area contributed by atoms with Gasteiger partial charge in [-0.25, -0.2) is 0 Å². The Labute approximate surface area is 156 Å². The molecule has 5 heteroatoms. The molecule has 3 rings (SSSR count). The largest absolute Gasteiger partial charge is 0.387 e. The average molecular weight is 357 g/mol. The standard InChI is InChI=1S/C21H31N3O2/c1-4-11-22-20(25)19-13-21(26-23-19)10-5-12-24(15-21)14-17-6-8-18(9-7-17)16(2)3/h6-9,16H,4-5,10-15H2,1-3H3,(H,22,25). The van der Waals surface area contributed by atoms with Gasteiger partial charge < -0.3 is 10.2 Å². The van der Waals surface area contributed by atoms with Crippen LogP contribution in [0.25, 0.3) is 0 Å². The van der Waals surface area contributed by atoms with Gasteiger partial charge in [0.25, 0.3) is 5.91 Å². The van der Waals surface area contributed by atoms with Gasteiger partial charge >= 0.3 is 0 Å². The lowest BCUT2D eigenvalue weighted by molar-refractivity contribution is -0.114. The molecule has 0 aliphatic carbocycles. The van der Waals surface area contributed by atoms with Crippen molar-refractivity contribution in [2.24, 2.45) is 5.16 Å². The predicted molar refractivity (Wildman–Crippen MR) is 104 cm³/mol. The van der Waals surface area contributed by atoms with E-state index in [2.05, 4.69) is 53.5 Å². The number of amides is 1. The number of likely N-dealkylation sites (tertiary alicyclic amines) is 1. The van der Waals surface area contributed by atoms with Gasteiger partial charge in [0.15, 0.2) is 5.60 Å². The Hall–Kier alpha value is -1.88. The first kappa shape index (κ1) is 18.9. The second kappa shape index (κ2) is 8.21. The molecule has 1 atom stereocenters. The molecule has 1 unspecified atom stereocenters. The third kappa shape index (κ3) is 4.44. The highest BCUT2D eigenvalue weighted by Crippen LogP contribution is 2.34. The maximum Gasteiger partial charge on any atom is 0.269 e. The van der Waals surface area contributed by atoms with Crippen molar-refractivity contribution in [3.63, 3.8) is 0 Å². The molecule has 1 fully saturated rings. The van der Waals surface area contributed by atoms with E-state index in [-0.39, 0.29) is 11.5 Å². The van der Waals surface area contributed by atoms with Crippen molar-refractivity contribution in [2.75, 3.05) is 19.6 Å². The lowest BCUT2D eigenvalue weighted by Crippen LogP contribution is -2.48. The summed E-state index contributed by atoms with van der Waals surface area (Å²) in [7, 11) is 0. The summed E-state index contributed by atoms with van der Waals surface area (Å²) in [5, 5.41) is 7.01. The number of benzene rings is 1. The molecular formula is C21H31N3O2. The van der Waals surface area contributed by atoms with E-state index < -0.39 is 0 Å². The molecule has 1 spiro atoms. The van der Waals surface area contributed by atoms with Crippen molar-refractivity contribution >= 4 is 11.6 Å². The topological polar surface area (TPSA) is 53.9 Å². The molecule has 1 N–H and O–H groups in total. The molecule has 0 radical (unpaired) electrons. The molecule has 0 aromatic heterocycles. The molecule has 1 aromatic carbocycles. The number of nitrogens with zero attached hydrogens (tertiary/aromatic N) is 2. The molecule has 1 aromatic rings. The molecule has 1 amide bonds. The number of carbonyl (C=O) groups excluding carboxylic acids is 1. The lowest BCUT2D eigenvalue weighted by Gasteiger charge is -2.38. The van der Waals surface area contributed by atoms with Crippen LogP contribution in [-0.2, 0) is 16.2 Å². The van der Waals surface area contributed by atoms with Crippen LogP contribution in [0.4, 0.5) is 0 Å². The number of hydrogen-bond donors (Lipinski definition) is 1. The number of piperidine rings is 1. The molecule has 2 heterocycles. The number of oxime groups is 1. The fourth-order valence-electron chi connectivity index (χ4n) is 3.79. The van der Waals surface area contributed by atoms with Crippen LogP contribution >= 0.6 is 0 Å². The second-order valence-electron chi connectivity index (χ2n) is 7.96. The second-order valence-corrected chi connectivity index (χ2v) is 7.96. The summed E-state index contributed by atoms with van der Waals surface area (Å²) < 4.78 is 0. The fourth-order valence-corrected chi connectivity index (χ4v) is 3.79. The van der Waals surface area contributed by atoms with Crippen LogP contribution in [0.3, 0.4) is 0 Å². The Morgan fingerprint density at radius 2 is 2.12 bits per heavy atom. The molecule has 0 bridgehead atoms. The predicted octanol–water partition coefficient (Wildman–Crippen LogP) is 3.45. The van der Waals surface area contributed by atoms with Crippen LogP contribution < -0.4 is 5.32 Å². The van der Waals surface area contributed by atoms with Gasteiger partial charge in [-0.2, -0.15) is 0 Å². The van der Waals surface area contributed by atoms with E-state index in [0.717, 1.165) is 38.9 Å². The van der Waals surface area contributed by atoms with Crippen LogP contribution in [0.15, 0.2) is 29.4 Å². The first-order valence-electron chi connectivity index (χ1n) is 9.86. The van der Waals surface area contributed by atoms with Gasteiger partial charge in [0.2, 0.25) is 0 Å². The van der Waals surface area contributed by atoms with Gasteiger partial charge in [-0.1, -0.05) is 50.2 Å². The number of rotatable bonds is 6. The number of carbonyl (C=O) groups is 1. The summed E-state index contributed by atoms with van der Waals surface area (Å²) in [4.78, 5) is 20.4. The van der Waals surface area contributed by atoms with Crippen molar-refractivity contribution in [2.45, 2.75) is 64.5 Å². The minimum atomic E-state index is -0.324. The summed E-state index contributed by atoms with van der Waals surface area (Å²) >= 11 is 0. The van der Waals surface area contributed by atoms with Crippen molar-refractivity contribution in [3.8, 4) is 0 Å². The van der Waals surface area contributed by atoms with Crippen LogP contribution in [0.2, 0.25) is 0 Å².